The zero-order chi connectivity index (χ0) is 17.7. The Labute approximate surface area is 143 Å². The summed E-state index contributed by atoms with van der Waals surface area (Å²) < 4.78 is 5.44. The molecule has 132 valence electrons. The zero-order valence-electron chi connectivity index (χ0n) is 14.9. The molecule has 6 heteroatoms. The lowest BCUT2D eigenvalue weighted by Gasteiger charge is -2.22. The van der Waals surface area contributed by atoms with Gasteiger partial charge in [-0.1, -0.05) is 6.92 Å². The number of methoxy groups -OCH3 is 1. The van der Waals surface area contributed by atoms with E-state index >= 15 is 0 Å². The Morgan fingerprint density at radius 3 is 2.71 bits per heavy atom. The summed E-state index contributed by atoms with van der Waals surface area (Å²) in [5, 5.41) is 6.13. The van der Waals surface area contributed by atoms with Crippen molar-refractivity contribution in [3.63, 3.8) is 0 Å². The van der Waals surface area contributed by atoms with E-state index in [9.17, 15) is 9.59 Å². The first-order chi connectivity index (χ1) is 11.5. The van der Waals surface area contributed by atoms with E-state index in [0.717, 1.165) is 30.8 Å². The Bertz CT molecular complexity index is 603. The van der Waals surface area contributed by atoms with Gasteiger partial charge in [-0.3, -0.25) is 9.59 Å². The molecule has 1 aromatic carbocycles. The normalized spacial score (nSPS) is 16.7. The number of anilines is 2. The molecular weight excluding hydrogens is 306 g/mol. The van der Waals surface area contributed by atoms with Gasteiger partial charge in [0, 0.05) is 30.8 Å². The number of nitrogens with zero attached hydrogens (tertiary/aromatic N) is 1. The van der Waals surface area contributed by atoms with Gasteiger partial charge in [-0.2, -0.15) is 0 Å². The average molecular weight is 333 g/mol. The van der Waals surface area contributed by atoms with Crippen LogP contribution >= 0.6 is 0 Å². The van der Waals surface area contributed by atoms with Gasteiger partial charge in [0.15, 0.2) is 0 Å². The monoisotopic (exact) mass is 333 g/mol. The first-order valence-electron chi connectivity index (χ1n) is 8.51. The number of ether oxygens (including phenoxy) is 1. The van der Waals surface area contributed by atoms with Crippen LogP contribution < -0.4 is 20.3 Å². The molecule has 2 amide bonds. The molecule has 2 unspecified atom stereocenters. The molecule has 1 aromatic rings. The summed E-state index contributed by atoms with van der Waals surface area (Å²) in [5.41, 5.74) is 1.57. The van der Waals surface area contributed by atoms with Crippen molar-refractivity contribution in [2.45, 2.75) is 52.1 Å². The number of carbonyl (C=O) groups excluding carboxylic acids is 2. The Balaban J connectivity index is 2.09. The fourth-order valence-corrected chi connectivity index (χ4v) is 2.68. The Hall–Kier alpha value is -2.24. The minimum atomic E-state index is -0.358. The van der Waals surface area contributed by atoms with Crippen molar-refractivity contribution >= 4 is 23.2 Å². The molecule has 2 N–H and O–H groups in total. The van der Waals surface area contributed by atoms with E-state index in [4.69, 9.17) is 4.74 Å². The molecule has 0 aliphatic carbocycles. The van der Waals surface area contributed by atoms with Crippen LogP contribution in [0, 0.1) is 0 Å². The van der Waals surface area contributed by atoms with Gasteiger partial charge in [-0.25, -0.2) is 0 Å². The number of rotatable bonds is 7. The van der Waals surface area contributed by atoms with Gasteiger partial charge in [0.25, 0.3) is 0 Å². The maximum Gasteiger partial charge on any atom is 0.242 e. The zero-order valence-corrected chi connectivity index (χ0v) is 14.9. The van der Waals surface area contributed by atoms with Crippen LogP contribution in [0.3, 0.4) is 0 Å². The largest absolute Gasteiger partial charge is 0.494 e. The minimum Gasteiger partial charge on any atom is -0.494 e. The second-order valence-corrected chi connectivity index (χ2v) is 6.22. The minimum absolute atomic E-state index is 0.0397. The van der Waals surface area contributed by atoms with Gasteiger partial charge < -0.3 is 20.3 Å². The van der Waals surface area contributed by atoms with Gasteiger partial charge >= 0.3 is 0 Å². The summed E-state index contributed by atoms with van der Waals surface area (Å²) in [6.07, 6.45) is 2.34. The Morgan fingerprint density at radius 2 is 2.12 bits per heavy atom. The topological polar surface area (TPSA) is 70.7 Å². The van der Waals surface area contributed by atoms with Gasteiger partial charge in [0.2, 0.25) is 11.8 Å². The second kappa shape index (κ2) is 8.04. The lowest BCUT2D eigenvalue weighted by molar-refractivity contribution is -0.122. The standard InChI is InChI=1S/C18H27N3O3/c1-5-12(2)19-18(23)13(3)20-14-8-9-15(16(11-14)24-4)21-10-6-7-17(21)22/h8-9,11-13,20H,5-7,10H2,1-4H3,(H,19,23). The smallest absolute Gasteiger partial charge is 0.242 e. The number of hydrogen-bond donors (Lipinski definition) is 2. The van der Waals surface area contributed by atoms with E-state index in [1.807, 2.05) is 39.0 Å². The second-order valence-electron chi connectivity index (χ2n) is 6.22. The van der Waals surface area contributed by atoms with E-state index in [-0.39, 0.29) is 23.9 Å². The van der Waals surface area contributed by atoms with Crippen LogP contribution in [0.1, 0.15) is 40.0 Å². The Morgan fingerprint density at radius 1 is 1.38 bits per heavy atom. The summed E-state index contributed by atoms with van der Waals surface area (Å²) in [7, 11) is 1.59. The first kappa shape index (κ1) is 18.1. The summed E-state index contributed by atoms with van der Waals surface area (Å²) >= 11 is 0. The summed E-state index contributed by atoms with van der Waals surface area (Å²) in [4.78, 5) is 25.8. The van der Waals surface area contributed by atoms with Gasteiger partial charge in [-0.05, 0) is 38.8 Å². The molecule has 2 rings (SSSR count). The van der Waals surface area contributed by atoms with E-state index in [0.29, 0.717) is 12.2 Å². The number of nitrogens with one attached hydrogen (secondary N) is 2. The molecule has 6 nitrogen and oxygen atoms in total. The van der Waals surface area contributed by atoms with Gasteiger partial charge in [-0.15, -0.1) is 0 Å². The highest BCUT2D eigenvalue weighted by molar-refractivity contribution is 5.97. The number of benzene rings is 1. The first-order valence-corrected chi connectivity index (χ1v) is 8.51. The molecule has 24 heavy (non-hydrogen) atoms. The molecule has 0 aromatic heterocycles. The molecule has 0 radical (unpaired) electrons. The summed E-state index contributed by atoms with van der Waals surface area (Å²) in [6, 6.07) is 5.36. The van der Waals surface area contributed by atoms with Crippen LogP contribution in [-0.4, -0.2) is 37.6 Å². The lowest BCUT2D eigenvalue weighted by Crippen LogP contribution is -2.41. The van der Waals surface area contributed by atoms with Gasteiger partial charge in [0.1, 0.15) is 11.8 Å². The van der Waals surface area contributed by atoms with E-state index in [1.165, 1.54) is 0 Å². The molecular formula is C18H27N3O3. The summed E-state index contributed by atoms with van der Waals surface area (Å²) in [5.74, 6) is 0.710. The van der Waals surface area contributed by atoms with Gasteiger partial charge in [0.05, 0.1) is 12.8 Å². The third-order valence-electron chi connectivity index (χ3n) is 4.32. The van der Waals surface area contributed by atoms with Crippen LogP contribution in [0.5, 0.6) is 5.75 Å². The number of carbonyl (C=O) groups is 2. The maximum atomic E-state index is 12.1. The number of amides is 2. The fraction of sp³-hybridized carbons (Fsp3) is 0.556. The predicted octanol–water partition coefficient (Wildman–Crippen LogP) is 2.54. The van der Waals surface area contributed by atoms with E-state index in [1.54, 1.807) is 12.0 Å². The molecule has 1 aliphatic heterocycles. The van der Waals surface area contributed by atoms with Crippen molar-refractivity contribution < 1.29 is 14.3 Å². The molecule has 1 aliphatic rings. The van der Waals surface area contributed by atoms with Crippen LogP contribution in [0.25, 0.3) is 0 Å². The molecule has 1 fully saturated rings. The van der Waals surface area contributed by atoms with E-state index < -0.39 is 0 Å². The van der Waals surface area contributed by atoms with Crippen molar-refractivity contribution in [3.05, 3.63) is 18.2 Å². The fourth-order valence-electron chi connectivity index (χ4n) is 2.68. The molecule has 2 atom stereocenters. The molecule has 1 saturated heterocycles. The third-order valence-corrected chi connectivity index (χ3v) is 4.32. The third kappa shape index (κ3) is 4.19. The molecule has 0 saturated carbocycles. The highest BCUT2D eigenvalue weighted by Crippen LogP contribution is 2.33. The maximum absolute atomic E-state index is 12.1. The molecule has 0 spiro atoms. The van der Waals surface area contributed by atoms with Crippen molar-refractivity contribution in [1.82, 2.24) is 5.32 Å². The van der Waals surface area contributed by atoms with E-state index in [2.05, 4.69) is 10.6 Å². The van der Waals surface area contributed by atoms with Crippen LogP contribution in [-0.2, 0) is 9.59 Å². The Kier molecular flexibility index (Phi) is 6.06. The van der Waals surface area contributed by atoms with Crippen molar-refractivity contribution in [3.8, 4) is 5.75 Å². The van der Waals surface area contributed by atoms with Crippen molar-refractivity contribution in [1.29, 1.82) is 0 Å². The highest BCUT2D eigenvalue weighted by Gasteiger charge is 2.24. The van der Waals surface area contributed by atoms with Crippen LogP contribution in [0.4, 0.5) is 11.4 Å². The lowest BCUT2D eigenvalue weighted by atomic mass is 10.2. The van der Waals surface area contributed by atoms with Crippen LogP contribution in [0.2, 0.25) is 0 Å². The molecule has 0 bridgehead atoms. The van der Waals surface area contributed by atoms with Crippen LogP contribution in [0.15, 0.2) is 18.2 Å². The highest BCUT2D eigenvalue weighted by atomic mass is 16.5. The summed E-state index contributed by atoms with van der Waals surface area (Å²) in [6.45, 7) is 6.56. The SMILES string of the molecule is CCC(C)NC(=O)C(C)Nc1ccc(N2CCCC2=O)c(OC)c1. The predicted molar refractivity (Wildman–Crippen MR) is 95.6 cm³/mol. The number of hydrogen-bond acceptors (Lipinski definition) is 4. The average Bonchev–Trinajstić information content (AvgIpc) is 3.00. The molecule has 1 heterocycles. The quantitative estimate of drug-likeness (QED) is 0.804. The van der Waals surface area contributed by atoms with Crippen molar-refractivity contribution in [2.24, 2.45) is 0 Å². The van der Waals surface area contributed by atoms with Crippen molar-refractivity contribution in [2.75, 3.05) is 23.9 Å².